The van der Waals surface area contributed by atoms with E-state index in [2.05, 4.69) is 26.2 Å². The van der Waals surface area contributed by atoms with Gasteiger partial charge in [0.1, 0.15) is 11.5 Å². The van der Waals surface area contributed by atoms with Crippen LogP contribution in [0, 0.1) is 12.8 Å². The maximum absolute atomic E-state index is 12.8. The number of esters is 1. The highest BCUT2D eigenvalue weighted by Crippen LogP contribution is 2.46. The summed E-state index contributed by atoms with van der Waals surface area (Å²) < 4.78 is 5.80. The summed E-state index contributed by atoms with van der Waals surface area (Å²) >= 11 is 0. The van der Waals surface area contributed by atoms with Gasteiger partial charge in [-0.2, -0.15) is 0 Å². The molecular weight excluding hydrogens is 360 g/mol. The summed E-state index contributed by atoms with van der Waals surface area (Å²) in [5, 5.41) is 10.8. The Hall–Kier alpha value is -3.07. The first-order valence-electron chi connectivity index (χ1n) is 9.91. The van der Waals surface area contributed by atoms with Gasteiger partial charge in [0.2, 0.25) is 0 Å². The van der Waals surface area contributed by atoms with Crippen molar-refractivity contribution >= 4 is 12.0 Å². The Morgan fingerprint density at radius 1 is 1.21 bits per heavy atom. The van der Waals surface area contributed by atoms with Crippen molar-refractivity contribution in [1.82, 2.24) is 0 Å². The smallest absolute Gasteiger partial charge is 0.343 e. The quantitative estimate of drug-likeness (QED) is 0.357. The summed E-state index contributed by atoms with van der Waals surface area (Å²) in [7, 11) is 0. The lowest BCUT2D eigenvalue weighted by molar-refractivity contribution is 0.0732. The molecule has 150 valence electrons. The second kappa shape index (κ2) is 8.52. The number of rotatable bonds is 5. The molecule has 1 aliphatic carbocycles. The van der Waals surface area contributed by atoms with Gasteiger partial charge < -0.3 is 9.84 Å². The number of phenolic OH excluding ortho intramolecular Hbond substituents is 1. The standard InChI is InChI=1S/C26H28O3/c1-6-19-8-10-20(11-9-19)26(28)29-24-15-18(5)14-23(27)25(24)22-13-17(4)7-12-21(22)16(2)3/h6,8-11,13-15,21-22,27H,1-2,7,12H2,3-5H3/t21-,22+/m0/s1. The zero-order valence-electron chi connectivity index (χ0n) is 17.4. The molecular formula is C26H28O3. The largest absolute Gasteiger partial charge is 0.507 e. The molecule has 29 heavy (non-hydrogen) atoms. The summed E-state index contributed by atoms with van der Waals surface area (Å²) in [5.74, 6) is 0.221. The van der Waals surface area contributed by atoms with Gasteiger partial charge in [-0.3, -0.25) is 0 Å². The van der Waals surface area contributed by atoms with Crippen LogP contribution in [0.4, 0.5) is 0 Å². The lowest BCUT2D eigenvalue weighted by atomic mass is 9.73. The maximum atomic E-state index is 12.8. The lowest BCUT2D eigenvalue weighted by Gasteiger charge is -2.32. The summed E-state index contributed by atoms with van der Waals surface area (Å²) in [6.45, 7) is 13.9. The van der Waals surface area contributed by atoms with Crippen LogP contribution in [0.3, 0.4) is 0 Å². The van der Waals surface area contributed by atoms with E-state index in [1.54, 1.807) is 24.3 Å². The predicted molar refractivity (Wildman–Crippen MR) is 118 cm³/mol. The molecule has 0 amide bonds. The number of allylic oxidation sites excluding steroid dienone is 3. The number of carbonyl (C=O) groups is 1. The van der Waals surface area contributed by atoms with Crippen LogP contribution >= 0.6 is 0 Å². The van der Waals surface area contributed by atoms with E-state index >= 15 is 0 Å². The fourth-order valence-electron chi connectivity index (χ4n) is 3.99. The Morgan fingerprint density at radius 2 is 1.90 bits per heavy atom. The van der Waals surface area contributed by atoms with Crippen LogP contribution in [0.15, 0.2) is 66.8 Å². The minimum Gasteiger partial charge on any atom is -0.507 e. The van der Waals surface area contributed by atoms with Crippen molar-refractivity contribution in [3.05, 3.63) is 89.0 Å². The summed E-state index contributed by atoms with van der Waals surface area (Å²) in [4.78, 5) is 12.8. The minimum absolute atomic E-state index is 0.0761. The van der Waals surface area contributed by atoms with E-state index in [4.69, 9.17) is 4.74 Å². The molecule has 0 unspecified atom stereocenters. The molecule has 0 aromatic heterocycles. The number of hydrogen-bond acceptors (Lipinski definition) is 3. The molecule has 2 aromatic rings. The highest BCUT2D eigenvalue weighted by Gasteiger charge is 2.31. The zero-order chi connectivity index (χ0) is 21.1. The summed E-state index contributed by atoms with van der Waals surface area (Å²) in [6.07, 6.45) is 5.86. The third kappa shape index (κ3) is 4.51. The topological polar surface area (TPSA) is 46.5 Å². The highest BCUT2D eigenvalue weighted by atomic mass is 16.5. The minimum atomic E-state index is -0.449. The Balaban J connectivity index is 2.02. The van der Waals surface area contributed by atoms with E-state index < -0.39 is 5.97 Å². The monoisotopic (exact) mass is 388 g/mol. The molecule has 1 aliphatic rings. The van der Waals surface area contributed by atoms with Crippen molar-refractivity contribution < 1.29 is 14.6 Å². The summed E-state index contributed by atoms with van der Waals surface area (Å²) in [6, 6.07) is 10.6. The molecule has 0 fully saturated rings. The number of phenols is 1. The van der Waals surface area contributed by atoms with E-state index in [1.165, 1.54) is 5.57 Å². The molecule has 3 heteroatoms. The number of aromatic hydroxyl groups is 1. The Kier molecular flexibility index (Phi) is 6.07. The van der Waals surface area contributed by atoms with E-state index in [0.717, 1.165) is 29.5 Å². The number of aryl methyl sites for hydroxylation is 1. The zero-order valence-corrected chi connectivity index (χ0v) is 17.4. The molecule has 0 spiro atoms. The van der Waals surface area contributed by atoms with Gasteiger partial charge in [-0.15, -0.1) is 0 Å². The second-order valence-electron chi connectivity index (χ2n) is 7.94. The second-order valence-corrected chi connectivity index (χ2v) is 7.94. The van der Waals surface area contributed by atoms with Gasteiger partial charge in [-0.1, -0.05) is 48.6 Å². The Bertz CT molecular complexity index is 980. The average Bonchev–Trinajstić information content (AvgIpc) is 2.67. The van der Waals surface area contributed by atoms with Crippen molar-refractivity contribution in [2.45, 2.75) is 39.5 Å². The number of hydrogen-bond donors (Lipinski definition) is 1. The first kappa shape index (κ1) is 20.7. The Morgan fingerprint density at radius 3 is 2.52 bits per heavy atom. The predicted octanol–water partition coefficient (Wildman–Crippen LogP) is 6.58. The van der Waals surface area contributed by atoms with Gasteiger partial charge in [-0.05, 0) is 74.9 Å². The van der Waals surface area contributed by atoms with Crippen LogP contribution in [-0.2, 0) is 0 Å². The van der Waals surface area contributed by atoms with Crippen molar-refractivity contribution in [3.63, 3.8) is 0 Å². The van der Waals surface area contributed by atoms with Gasteiger partial charge in [0.15, 0.2) is 0 Å². The molecule has 0 bridgehead atoms. The number of ether oxygens (including phenoxy) is 1. The number of benzene rings is 2. The van der Waals surface area contributed by atoms with Crippen LogP contribution in [0.5, 0.6) is 11.5 Å². The third-order valence-corrected chi connectivity index (χ3v) is 5.56. The van der Waals surface area contributed by atoms with E-state index in [0.29, 0.717) is 16.9 Å². The fraction of sp³-hybridized carbons (Fsp3) is 0.269. The van der Waals surface area contributed by atoms with Crippen LogP contribution in [0.1, 0.15) is 59.7 Å². The highest BCUT2D eigenvalue weighted by molar-refractivity contribution is 5.91. The van der Waals surface area contributed by atoms with Crippen molar-refractivity contribution in [3.8, 4) is 11.5 Å². The maximum Gasteiger partial charge on any atom is 0.343 e. The SMILES string of the molecule is C=Cc1ccc(C(=O)Oc2cc(C)cc(O)c2[C@@H]2C=C(C)CC[C@H]2C(=C)C)cc1. The van der Waals surface area contributed by atoms with Crippen LogP contribution in [-0.4, -0.2) is 11.1 Å². The van der Waals surface area contributed by atoms with Gasteiger partial charge in [0, 0.05) is 11.5 Å². The van der Waals surface area contributed by atoms with E-state index in [1.807, 2.05) is 32.0 Å². The molecule has 3 rings (SSSR count). The van der Waals surface area contributed by atoms with Crippen molar-refractivity contribution in [1.29, 1.82) is 0 Å². The molecule has 0 heterocycles. The lowest BCUT2D eigenvalue weighted by Crippen LogP contribution is -2.19. The molecule has 0 radical (unpaired) electrons. The van der Waals surface area contributed by atoms with Crippen LogP contribution in [0.2, 0.25) is 0 Å². The molecule has 0 saturated heterocycles. The van der Waals surface area contributed by atoms with E-state index in [-0.39, 0.29) is 17.6 Å². The van der Waals surface area contributed by atoms with Crippen LogP contribution in [0.25, 0.3) is 6.08 Å². The van der Waals surface area contributed by atoms with Crippen molar-refractivity contribution in [2.75, 3.05) is 0 Å². The molecule has 2 aromatic carbocycles. The number of carbonyl (C=O) groups excluding carboxylic acids is 1. The van der Waals surface area contributed by atoms with Crippen LogP contribution < -0.4 is 4.74 Å². The molecule has 1 N–H and O–H groups in total. The first-order chi connectivity index (χ1) is 13.8. The first-order valence-corrected chi connectivity index (χ1v) is 9.91. The van der Waals surface area contributed by atoms with E-state index in [9.17, 15) is 9.90 Å². The van der Waals surface area contributed by atoms with Gasteiger partial charge >= 0.3 is 5.97 Å². The van der Waals surface area contributed by atoms with Gasteiger partial charge in [0.05, 0.1) is 5.56 Å². The van der Waals surface area contributed by atoms with Crippen molar-refractivity contribution in [2.24, 2.45) is 5.92 Å². The average molecular weight is 389 g/mol. The van der Waals surface area contributed by atoms with Gasteiger partial charge in [-0.25, -0.2) is 4.79 Å². The molecule has 2 atom stereocenters. The summed E-state index contributed by atoms with van der Waals surface area (Å²) in [5.41, 5.74) is 5.20. The normalized spacial score (nSPS) is 18.7. The molecule has 0 aliphatic heterocycles. The molecule has 0 saturated carbocycles. The fourth-order valence-corrected chi connectivity index (χ4v) is 3.99. The van der Waals surface area contributed by atoms with Gasteiger partial charge in [0.25, 0.3) is 0 Å². The Labute approximate surface area is 173 Å². The third-order valence-electron chi connectivity index (χ3n) is 5.56. The molecule has 3 nitrogen and oxygen atoms in total.